The van der Waals surface area contributed by atoms with Crippen molar-refractivity contribution in [2.75, 3.05) is 0 Å². The number of carbonyl (C=O) groups is 1. The lowest BCUT2D eigenvalue weighted by atomic mass is 10.1. The normalized spacial score (nSPS) is 17.7. The third kappa shape index (κ3) is 3.00. The van der Waals surface area contributed by atoms with Crippen LogP contribution in [0.4, 0.5) is 30.7 Å². The zero-order chi connectivity index (χ0) is 11.8. The molecule has 0 bridgehead atoms. The van der Waals surface area contributed by atoms with Crippen LogP contribution in [0.1, 0.15) is 6.42 Å². The lowest BCUT2D eigenvalue weighted by molar-refractivity contribution is -0.214. The highest BCUT2D eigenvalue weighted by molar-refractivity contribution is 6.33. The first-order valence-corrected chi connectivity index (χ1v) is 3.30. The van der Waals surface area contributed by atoms with Crippen molar-refractivity contribution in [3.63, 3.8) is 0 Å². The summed E-state index contributed by atoms with van der Waals surface area (Å²) in [6.45, 7) is 0. The van der Waals surface area contributed by atoms with E-state index in [2.05, 4.69) is 11.6 Å². The molecule has 0 heterocycles. The second-order valence-corrected chi connectivity index (χ2v) is 2.87. The summed E-state index contributed by atoms with van der Waals surface area (Å²) >= 11 is 4.03. The fraction of sp³-hybridized carbons (Fsp3) is 0.800. The molecule has 14 heavy (non-hydrogen) atoms. The van der Waals surface area contributed by atoms with Crippen LogP contribution in [0, 0.1) is 0 Å². The van der Waals surface area contributed by atoms with Gasteiger partial charge < -0.3 is 0 Å². The van der Waals surface area contributed by atoms with Gasteiger partial charge in [0.25, 0.3) is 0 Å². The molecule has 9 heteroatoms. The molecule has 0 fully saturated rings. The molecule has 1 atom stereocenters. The Balaban J connectivity index is 4.87. The van der Waals surface area contributed by atoms with Crippen LogP contribution in [0.5, 0.6) is 0 Å². The van der Waals surface area contributed by atoms with Crippen LogP contribution < -0.4 is 0 Å². The van der Waals surface area contributed by atoms with Crippen LogP contribution in [-0.4, -0.2) is 23.3 Å². The second kappa shape index (κ2) is 3.56. The summed E-state index contributed by atoms with van der Waals surface area (Å²) in [7, 11) is 0. The average molecular weight is 247 g/mol. The van der Waals surface area contributed by atoms with Gasteiger partial charge in [-0.25, -0.2) is 13.2 Å². The van der Waals surface area contributed by atoms with E-state index < -0.39 is 29.7 Å². The van der Waals surface area contributed by atoms with Crippen molar-refractivity contribution >= 4 is 17.6 Å². The molecule has 0 N–H and O–H groups in total. The minimum absolute atomic E-state index is 3.02. The van der Waals surface area contributed by atoms with Gasteiger partial charge in [-0.3, -0.25) is 4.79 Å². The maximum atomic E-state index is 12.3. The Kier molecular flexibility index (Phi) is 3.42. The first kappa shape index (κ1) is 13.5. The van der Waals surface area contributed by atoms with Gasteiger partial charge >= 0.3 is 23.3 Å². The van der Waals surface area contributed by atoms with Crippen LogP contribution >= 0.6 is 11.6 Å². The van der Waals surface area contributed by atoms with Crippen LogP contribution in [0.15, 0.2) is 0 Å². The minimum Gasteiger partial charge on any atom is -0.256 e. The standard InChI is InChI=1S/C5H2ClF7O/c6-5(13,2(7)14)3(8,9)1-4(10,11)12/h1H2. The highest BCUT2D eigenvalue weighted by atomic mass is 35.5. The van der Waals surface area contributed by atoms with Gasteiger partial charge in [-0.15, -0.1) is 0 Å². The summed E-state index contributed by atoms with van der Waals surface area (Å²) in [5, 5.41) is -4.98. The van der Waals surface area contributed by atoms with Crippen molar-refractivity contribution in [1.82, 2.24) is 0 Å². The maximum absolute atomic E-state index is 12.3. The molecule has 0 spiro atoms. The number of hydrogen-bond acceptors (Lipinski definition) is 1. The Morgan fingerprint density at radius 1 is 1.07 bits per heavy atom. The molecule has 84 valence electrons. The van der Waals surface area contributed by atoms with Gasteiger partial charge in [0.1, 0.15) is 6.42 Å². The monoisotopic (exact) mass is 246 g/mol. The minimum atomic E-state index is -5.47. The van der Waals surface area contributed by atoms with Crippen molar-refractivity contribution in [1.29, 1.82) is 0 Å². The molecule has 0 aliphatic rings. The summed E-state index contributed by atoms with van der Waals surface area (Å²) in [5.74, 6) is -5.35. The molecule has 0 aromatic carbocycles. The second-order valence-electron chi connectivity index (χ2n) is 2.34. The number of carbonyl (C=O) groups excluding carboxylic acids is 1. The molecule has 0 aliphatic carbocycles. The van der Waals surface area contributed by atoms with Crippen molar-refractivity contribution in [3.8, 4) is 0 Å². The smallest absolute Gasteiger partial charge is 0.256 e. The predicted molar refractivity (Wildman–Crippen MR) is 31.4 cm³/mol. The zero-order valence-corrected chi connectivity index (χ0v) is 6.89. The Bertz CT molecular complexity index is 233. The lowest BCUT2D eigenvalue weighted by Crippen LogP contribution is -2.47. The Labute approximate surface area is 77.8 Å². The van der Waals surface area contributed by atoms with Gasteiger partial charge in [-0.05, 0) is 0 Å². The van der Waals surface area contributed by atoms with Crippen molar-refractivity contribution in [2.24, 2.45) is 0 Å². The molecular weight excluding hydrogens is 244 g/mol. The van der Waals surface area contributed by atoms with Crippen LogP contribution in [0.25, 0.3) is 0 Å². The van der Waals surface area contributed by atoms with E-state index >= 15 is 0 Å². The molecule has 0 saturated heterocycles. The summed E-state index contributed by atoms with van der Waals surface area (Å²) in [6.07, 6.45) is -8.49. The molecule has 0 aromatic rings. The summed E-state index contributed by atoms with van der Waals surface area (Å²) in [5.41, 5.74) is 0. The third-order valence-corrected chi connectivity index (χ3v) is 1.55. The number of hydrogen-bond donors (Lipinski definition) is 0. The largest absolute Gasteiger partial charge is 0.395 e. The summed E-state index contributed by atoms with van der Waals surface area (Å²) in [4.78, 5) is 9.58. The van der Waals surface area contributed by atoms with E-state index in [4.69, 9.17) is 0 Å². The van der Waals surface area contributed by atoms with Gasteiger partial charge in [0.05, 0.1) is 0 Å². The SMILES string of the molecule is O=C(F)C(F)(Cl)C(F)(F)CC(F)(F)F. The molecule has 0 amide bonds. The predicted octanol–water partition coefficient (Wildman–Crippen LogP) is 2.97. The molecule has 0 radical (unpaired) electrons. The molecule has 0 saturated carbocycles. The fourth-order valence-corrected chi connectivity index (χ4v) is 0.573. The highest BCUT2D eigenvalue weighted by Gasteiger charge is 2.64. The molecular formula is C5H2ClF7O. The first-order valence-electron chi connectivity index (χ1n) is 2.92. The van der Waals surface area contributed by atoms with Crippen molar-refractivity contribution < 1.29 is 35.5 Å². The zero-order valence-electron chi connectivity index (χ0n) is 6.14. The van der Waals surface area contributed by atoms with Gasteiger partial charge in [0, 0.05) is 0 Å². The van der Waals surface area contributed by atoms with E-state index in [9.17, 15) is 35.5 Å². The van der Waals surface area contributed by atoms with Crippen molar-refractivity contribution in [2.45, 2.75) is 23.6 Å². The van der Waals surface area contributed by atoms with Gasteiger partial charge in [0.15, 0.2) is 0 Å². The van der Waals surface area contributed by atoms with E-state index in [0.717, 1.165) is 0 Å². The number of alkyl halides is 7. The number of halogens is 8. The Morgan fingerprint density at radius 3 is 1.64 bits per heavy atom. The fourth-order valence-electron chi connectivity index (χ4n) is 0.507. The topological polar surface area (TPSA) is 17.1 Å². The molecule has 0 aromatic heterocycles. The third-order valence-electron chi connectivity index (χ3n) is 1.13. The Hall–Kier alpha value is -0.530. The molecule has 1 unspecified atom stereocenters. The van der Waals surface area contributed by atoms with Crippen LogP contribution in [-0.2, 0) is 4.79 Å². The van der Waals surface area contributed by atoms with E-state index in [1.165, 1.54) is 0 Å². The van der Waals surface area contributed by atoms with E-state index in [1.54, 1.807) is 0 Å². The maximum Gasteiger partial charge on any atom is 0.395 e. The van der Waals surface area contributed by atoms with Crippen LogP contribution in [0.3, 0.4) is 0 Å². The van der Waals surface area contributed by atoms with Crippen LogP contribution in [0.2, 0.25) is 0 Å². The van der Waals surface area contributed by atoms with E-state index in [-0.39, 0.29) is 0 Å². The molecule has 1 nitrogen and oxygen atoms in total. The molecule has 0 aliphatic heterocycles. The quantitative estimate of drug-likeness (QED) is 0.425. The Morgan fingerprint density at radius 2 is 1.43 bits per heavy atom. The van der Waals surface area contributed by atoms with Crippen molar-refractivity contribution in [3.05, 3.63) is 0 Å². The van der Waals surface area contributed by atoms with Gasteiger partial charge in [-0.2, -0.15) is 17.6 Å². The summed E-state index contributed by atoms with van der Waals surface area (Å²) in [6, 6.07) is -3.37. The summed E-state index contributed by atoms with van der Waals surface area (Å²) < 4.78 is 82.6. The highest BCUT2D eigenvalue weighted by Crippen LogP contribution is 2.44. The van der Waals surface area contributed by atoms with Gasteiger partial charge in [0.2, 0.25) is 0 Å². The van der Waals surface area contributed by atoms with Gasteiger partial charge in [-0.1, -0.05) is 11.6 Å². The number of rotatable bonds is 3. The molecule has 0 rings (SSSR count). The lowest BCUT2D eigenvalue weighted by Gasteiger charge is -2.24. The van der Waals surface area contributed by atoms with E-state index in [1.807, 2.05) is 0 Å². The first-order chi connectivity index (χ1) is 5.90. The average Bonchev–Trinajstić information content (AvgIpc) is 1.80. The van der Waals surface area contributed by atoms with E-state index in [0.29, 0.717) is 0 Å².